The van der Waals surface area contributed by atoms with E-state index in [4.69, 9.17) is 4.74 Å². The van der Waals surface area contributed by atoms with Crippen molar-refractivity contribution in [1.29, 1.82) is 0 Å². The van der Waals surface area contributed by atoms with Gasteiger partial charge in [0.15, 0.2) is 6.61 Å². The van der Waals surface area contributed by atoms with Crippen LogP contribution in [-0.4, -0.2) is 11.9 Å². The molecule has 0 aliphatic carbocycles. The summed E-state index contributed by atoms with van der Waals surface area (Å²) in [5.41, 5.74) is 3.90. The first-order valence-electron chi connectivity index (χ1n) is 5.85. The highest BCUT2D eigenvalue weighted by atomic mass is 79.9. The monoisotopic (exact) mass is 371 g/mol. The van der Waals surface area contributed by atoms with E-state index in [1.807, 2.05) is 0 Å². The third kappa shape index (κ3) is 1.95. The van der Waals surface area contributed by atoms with Gasteiger partial charge in [-0.2, -0.15) is 4.57 Å². The lowest BCUT2D eigenvalue weighted by Gasteiger charge is -2.07. The molecule has 1 unspecified atom stereocenters. The number of hydrogen-bond acceptors (Lipinski definition) is 1. The van der Waals surface area contributed by atoms with Crippen LogP contribution in [0, 0.1) is 13.8 Å². The van der Waals surface area contributed by atoms with Crippen molar-refractivity contribution in [3.63, 3.8) is 0 Å². The van der Waals surface area contributed by atoms with Crippen molar-refractivity contribution in [1.82, 2.24) is 0 Å². The lowest BCUT2D eigenvalue weighted by atomic mass is 10.1. The fourth-order valence-electron chi connectivity index (χ4n) is 2.58. The Bertz CT molecular complexity index is 598. The molecule has 2 aromatic rings. The number of rotatable bonds is 1. The van der Waals surface area contributed by atoms with Crippen LogP contribution >= 0.6 is 15.9 Å². The van der Waals surface area contributed by atoms with Crippen LogP contribution < -0.4 is 26.3 Å². The lowest BCUT2D eigenvalue weighted by molar-refractivity contribution is -0.675. The van der Waals surface area contributed by atoms with E-state index < -0.39 is 0 Å². The predicted octanol–water partition coefficient (Wildman–Crippen LogP) is 0.0765. The van der Waals surface area contributed by atoms with E-state index in [0.717, 1.165) is 17.8 Å². The number of nitrogens with zero attached hydrogens (tertiary/aromatic N) is 1. The third-order valence-corrected chi connectivity index (χ3v) is 4.20. The molecule has 18 heavy (non-hydrogen) atoms. The van der Waals surface area contributed by atoms with Crippen LogP contribution in [0.5, 0.6) is 5.88 Å². The molecule has 0 saturated heterocycles. The molecule has 3 rings (SSSR count). The van der Waals surface area contributed by atoms with Gasteiger partial charge in [0.2, 0.25) is 11.6 Å². The van der Waals surface area contributed by atoms with E-state index in [-0.39, 0.29) is 17.0 Å². The van der Waals surface area contributed by atoms with E-state index >= 15 is 0 Å². The summed E-state index contributed by atoms with van der Waals surface area (Å²) in [5, 5.41) is 2.25. The first kappa shape index (κ1) is 13.8. The second kappa shape index (κ2) is 5.17. The Labute approximate surface area is 126 Å². The minimum Gasteiger partial charge on any atom is -1.00 e. The summed E-state index contributed by atoms with van der Waals surface area (Å²) < 4.78 is 8.10. The lowest BCUT2D eigenvalue weighted by Crippen LogP contribution is -3.00. The van der Waals surface area contributed by atoms with Gasteiger partial charge < -0.3 is 21.7 Å². The minimum absolute atomic E-state index is 0. The molecular formula is C14H15Br2NO. The van der Waals surface area contributed by atoms with Gasteiger partial charge >= 0.3 is 5.88 Å². The summed E-state index contributed by atoms with van der Waals surface area (Å²) in [6, 6.07) is 9.02. The zero-order chi connectivity index (χ0) is 12.0. The maximum absolute atomic E-state index is 5.78. The van der Waals surface area contributed by atoms with Crippen LogP contribution in [0.15, 0.2) is 24.3 Å². The summed E-state index contributed by atoms with van der Waals surface area (Å²) in [6.45, 7) is 5.07. The molecule has 0 amide bonds. The van der Waals surface area contributed by atoms with Crippen molar-refractivity contribution >= 4 is 26.8 Å². The van der Waals surface area contributed by atoms with Gasteiger partial charge in [0.05, 0.1) is 11.4 Å². The Morgan fingerprint density at radius 2 is 2.11 bits per heavy atom. The van der Waals surface area contributed by atoms with E-state index in [2.05, 4.69) is 58.6 Å². The molecular weight excluding hydrogens is 358 g/mol. The summed E-state index contributed by atoms with van der Waals surface area (Å²) in [7, 11) is 0. The van der Waals surface area contributed by atoms with Gasteiger partial charge in [0.25, 0.3) is 0 Å². The van der Waals surface area contributed by atoms with E-state index in [1.54, 1.807) is 0 Å². The van der Waals surface area contributed by atoms with E-state index in [0.29, 0.717) is 6.04 Å². The van der Waals surface area contributed by atoms with Crippen LogP contribution in [0.4, 0.5) is 0 Å². The fraction of sp³-hybridized carbons (Fsp3) is 0.357. The molecule has 96 valence electrons. The highest BCUT2D eigenvalue weighted by Gasteiger charge is 2.34. The topological polar surface area (TPSA) is 13.1 Å². The fourth-order valence-corrected chi connectivity index (χ4v) is 3.06. The van der Waals surface area contributed by atoms with Crippen molar-refractivity contribution in [2.24, 2.45) is 0 Å². The predicted molar refractivity (Wildman–Crippen MR) is 71.9 cm³/mol. The first-order chi connectivity index (χ1) is 8.22. The van der Waals surface area contributed by atoms with Crippen LogP contribution in [0.25, 0.3) is 10.9 Å². The third-order valence-electron chi connectivity index (χ3n) is 3.45. The molecule has 1 aliphatic rings. The Hall–Kier alpha value is -0.610. The molecule has 0 spiro atoms. The number of pyridine rings is 1. The Morgan fingerprint density at radius 1 is 1.33 bits per heavy atom. The molecule has 1 atom stereocenters. The highest BCUT2D eigenvalue weighted by molar-refractivity contribution is 9.09. The van der Waals surface area contributed by atoms with Gasteiger partial charge in [0, 0.05) is 10.9 Å². The molecule has 0 bridgehead atoms. The van der Waals surface area contributed by atoms with Crippen molar-refractivity contribution in [3.05, 3.63) is 35.4 Å². The zero-order valence-corrected chi connectivity index (χ0v) is 13.6. The Morgan fingerprint density at radius 3 is 2.83 bits per heavy atom. The molecule has 2 nitrogen and oxygen atoms in total. The minimum atomic E-state index is 0. The second-order valence-corrected chi connectivity index (χ2v) is 5.27. The smallest absolute Gasteiger partial charge is 0.369 e. The standard InChI is InChI=1S/C14H15BrNO.BrH/c1-9-4-3-5-12-10(2)6-13-16(14(9)12)11(7-15)8-17-13;/h3-6,11H,7-8H2,1-2H3;1H/q+1;/p-1. The molecule has 2 heterocycles. The van der Waals surface area contributed by atoms with Gasteiger partial charge in [-0.1, -0.05) is 28.1 Å². The summed E-state index contributed by atoms with van der Waals surface area (Å²) in [4.78, 5) is 0. The second-order valence-electron chi connectivity index (χ2n) is 4.63. The van der Waals surface area contributed by atoms with Crippen LogP contribution in [-0.2, 0) is 0 Å². The normalized spacial score (nSPS) is 17.2. The number of hydrogen-bond donors (Lipinski definition) is 0. The van der Waals surface area contributed by atoms with Gasteiger partial charge in [-0.25, -0.2) is 0 Å². The Kier molecular flexibility index (Phi) is 3.97. The number of fused-ring (bicyclic) bond motifs is 3. The highest BCUT2D eigenvalue weighted by Crippen LogP contribution is 2.28. The number of halogens is 2. The summed E-state index contributed by atoms with van der Waals surface area (Å²) in [6.07, 6.45) is 0. The molecule has 4 heteroatoms. The Balaban J connectivity index is 0.00000120. The first-order valence-corrected chi connectivity index (χ1v) is 6.97. The largest absolute Gasteiger partial charge is 1.00 e. The SMILES string of the molecule is Cc1cc2[n+](c3c(C)cccc13)C(CBr)CO2.[Br-]. The van der Waals surface area contributed by atoms with Crippen molar-refractivity contribution in [2.75, 3.05) is 11.9 Å². The average molecular weight is 373 g/mol. The van der Waals surface area contributed by atoms with Gasteiger partial charge in [-0.15, -0.1) is 0 Å². The maximum Gasteiger partial charge on any atom is 0.369 e. The maximum atomic E-state index is 5.78. The number of ether oxygens (including phenoxy) is 1. The quantitative estimate of drug-likeness (QED) is 0.510. The molecule has 1 aromatic heterocycles. The van der Waals surface area contributed by atoms with Crippen molar-refractivity contribution in [2.45, 2.75) is 19.9 Å². The molecule has 0 radical (unpaired) electrons. The van der Waals surface area contributed by atoms with Crippen LogP contribution in [0.1, 0.15) is 17.2 Å². The molecule has 0 fully saturated rings. The van der Waals surface area contributed by atoms with Crippen molar-refractivity contribution < 1.29 is 26.3 Å². The van der Waals surface area contributed by atoms with Gasteiger partial charge in [0.1, 0.15) is 0 Å². The zero-order valence-electron chi connectivity index (χ0n) is 10.4. The van der Waals surface area contributed by atoms with Crippen molar-refractivity contribution in [3.8, 4) is 5.88 Å². The number of benzene rings is 1. The van der Waals surface area contributed by atoms with Crippen LogP contribution in [0.3, 0.4) is 0 Å². The number of aryl methyl sites for hydroxylation is 2. The molecule has 0 saturated carbocycles. The van der Waals surface area contributed by atoms with E-state index in [9.17, 15) is 0 Å². The summed E-state index contributed by atoms with van der Waals surface area (Å²) >= 11 is 3.57. The van der Waals surface area contributed by atoms with Gasteiger partial charge in [-0.3, -0.25) is 0 Å². The number of para-hydroxylation sites is 1. The number of aromatic nitrogens is 1. The van der Waals surface area contributed by atoms with Crippen LogP contribution in [0.2, 0.25) is 0 Å². The van der Waals surface area contributed by atoms with Gasteiger partial charge in [-0.05, 0) is 25.5 Å². The average Bonchev–Trinajstić information content (AvgIpc) is 2.72. The van der Waals surface area contributed by atoms with E-state index in [1.165, 1.54) is 22.0 Å². The summed E-state index contributed by atoms with van der Waals surface area (Å²) in [5.74, 6) is 0.994. The number of alkyl halides is 1. The molecule has 1 aliphatic heterocycles. The molecule has 0 N–H and O–H groups in total. The molecule has 1 aromatic carbocycles.